The van der Waals surface area contributed by atoms with Gasteiger partial charge in [-0.1, -0.05) is 11.6 Å². The molecule has 0 aromatic heterocycles. The van der Waals surface area contributed by atoms with E-state index in [4.69, 9.17) is 9.47 Å². The van der Waals surface area contributed by atoms with Gasteiger partial charge in [-0.05, 0) is 31.6 Å². The average Bonchev–Trinajstić information content (AvgIpc) is 2.33. The number of hydrogen-bond donors (Lipinski definition) is 0. The topological polar surface area (TPSA) is 52.6 Å². The molecule has 0 aliphatic heterocycles. The highest BCUT2D eigenvalue weighted by Crippen LogP contribution is 2.35. The van der Waals surface area contributed by atoms with Crippen molar-refractivity contribution >= 4 is 11.9 Å². The lowest BCUT2D eigenvalue weighted by Crippen LogP contribution is -2.25. The summed E-state index contributed by atoms with van der Waals surface area (Å²) in [5.41, 5.74) is 1.18. The first kappa shape index (κ1) is 13.7. The summed E-state index contributed by atoms with van der Waals surface area (Å²) < 4.78 is 9.39. The second kappa shape index (κ2) is 6.42. The van der Waals surface area contributed by atoms with Crippen molar-refractivity contribution in [2.75, 3.05) is 14.2 Å². The van der Waals surface area contributed by atoms with Gasteiger partial charge in [-0.15, -0.1) is 0 Å². The molecule has 0 fully saturated rings. The zero-order valence-electron chi connectivity index (χ0n) is 10.7. The van der Waals surface area contributed by atoms with Gasteiger partial charge in [0, 0.05) is 6.42 Å². The van der Waals surface area contributed by atoms with Crippen LogP contribution < -0.4 is 0 Å². The van der Waals surface area contributed by atoms with Crippen molar-refractivity contribution in [2.45, 2.75) is 32.6 Å². The van der Waals surface area contributed by atoms with E-state index in [-0.39, 0.29) is 23.8 Å². The van der Waals surface area contributed by atoms with Gasteiger partial charge >= 0.3 is 11.9 Å². The first-order valence-corrected chi connectivity index (χ1v) is 5.88. The van der Waals surface area contributed by atoms with E-state index in [0.29, 0.717) is 12.8 Å². The number of methoxy groups -OCH3 is 2. The second-order valence-electron chi connectivity index (χ2n) is 4.45. The van der Waals surface area contributed by atoms with Gasteiger partial charge in [0.05, 0.1) is 20.6 Å². The van der Waals surface area contributed by atoms with Gasteiger partial charge in [0.2, 0.25) is 0 Å². The minimum absolute atomic E-state index is 0.107. The van der Waals surface area contributed by atoms with E-state index in [9.17, 15) is 9.59 Å². The van der Waals surface area contributed by atoms with Gasteiger partial charge in [0.1, 0.15) is 0 Å². The number of esters is 2. The monoisotopic (exact) mass is 240 g/mol. The molecule has 2 atom stereocenters. The van der Waals surface area contributed by atoms with Crippen molar-refractivity contribution in [3.8, 4) is 0 Å². The largest absolute Gasteiger partial charge is 0.469 e. The average molecular weight is 240 g/mol. The highest BCUT2D eigenvalue weighted by atomic mass is 16.5. The van der Waals surface area contributed by atoms with Crippen LogP contribution in [-0.2, 0) is 19.1 Å². The molecule has 1 aliphatic rings. The molecule has 17 heavy (non-hydrogen) atoms. The third kappa shape index (κ3) is 3.88. The molecule has 0 unspecified atom stereocenters. The van der Waals surface area contributed by atoms with Crippen LogP contribution in [0.4, 0.5) is 0 Å². The fourth-order valence-electron chi connectivity index (χ4n) is 2.38. The Kier molecular flexibility index (Phi) is 5.19. The van der Waals surface area contributed by atoms with Crippen LogP contribution in [0.25, 0.3) is 0 Å². The number of hydrogen-bond acceptors (Lipinski definition) is 4. The molecule has 0 heterocycles. The van der Waals surface area contributed by atoms with Crippen molar-refractivity contribution < 1.29 is 19.1 Å². The van der Waals surface area contributed by atoms with E-state index in [1.807, 2.05) is 6.92 Å². The quantitative estimate of drug-likeness (QED) is 0.557. The van der Waals surface area contributed by atoms with E-state index in [0.717, 1.165) is 12.8 Å². The van der Waals surface area contributed by atoms with Crippen LogP contribution in [0, 0.1) is 11.8 Å². The normalized spacial score (nSPS) is 23.8. The third-order valence-electron chi connectivity index (χ3n) is 3.43. The van der Waals surface area contributed by atoms with Crippen LogP contribution in [0.5, 0.6) is 0 Å². The maximum Gasteiger partial charge on any atom is 0.306 e. The fraction of sp³-hybridized carbons (Fsp3) is 0.692. The fourth-order valence-corrected chi connectivity index (χ4v) is 2.38. The van der Waals surface area contributed by atoms with Gasteiger partial charge in [-0.25, -0.2) is 0 Å². The molecule has 1 rings (SSSR count). The van der Waals surface area contributed by atoms with Gasteiger partial charge in [-0.3, -0.25) is 9.59 Å². The lowest BCUT2D eigenvalue weighted by molar-refractivity contribution is -0.145. The van der Waals surface area contributed by atoms with E-state index >= 15 is 0 Å². The summed E-state index contributed by atoms with van der Waals surface area (Å²) in [6.07, 6.45) is 4.75. The predicted molar refractivity (Wildman–Crippen MR) is 63.2 cm³/mol. The van der Waals surface area contributed by atoms with Crippen molar-refractivity contribution in [3.05, 3.63) is 11.6 Å². The second-order valence-corrected chi connectivity index (χ2v) is 4.45. The molecule has 0 N–H and O–H groups in total. The van der Waals surface area contributed by atoms with Crippen LogP contribution in [0.15, 0.2) is 11.6 Å². The maximum atomic E-state index is 11.4. The smallest absolute Gasteiger partial charge is 0.306 e. The Hall–Kier alpha value is -1.32. The van der Waals surface area contributed by atoms with E-state index in [2.05, 4.69) is 6.08 Å². The minimum Gasteiger partial charge on any atom is -0.469 e. The van der Waals surface area contributed by atoms with Crippen LogP contribution in [0.2, 0.25) is 0 Å². The molecule has 0 saturated carbocycles. The molecule has 4 heteroatoms. The summed E-state index contributed by atoms with van der Waals surface area (Å²) >= 11 is 0. The number of carbonyl (C=O) groups excluding carboxylic acids is 2. The van der Waals surface area contributed by atoms with Crippen LogP contribution >= 0.6 is 0 Å². The number of carbonyl (C=O) groups is 2. The first-order valence-electron chi connectivity index (χ1n) is 5.88. The van der Waals surface area contributed by atoms with Gasteiger partial charge < -0.3 is 9.47 Å². The molecule has 1 aliphatic carbocycles. The molecular weight excluding hydrogens is 220 g/mol. The number of allylic oxidation sites excluding steroid dienone is 2. The predicted octanol–water partition coefficient (Wildman–Crippen LogP) is 2.09. The number of ether oxygens (including phenoxy) is 2. The van der Waals surface area contributed by atoms with E-state index in [1.165, 1.54) is 19.8 Å². The summed E-state index contributed by atoms with van der Waals surface area (Å²) in [4.78, 5) is 22.7. The van der Waals surface area contributed by atoms with Gasteiger partial charge in [0.15, 0.2) is 0 Å². The SMILES string of the molecule is COC(=O)C[C@@H]1CCC=C(C)[C@@H]1CC(=O)OC. The molecule has 0 radical (unpaired) electrons. The Balaban J connectivity index is 2.70. The minimum atomic E-state index is -0.223. The number of rotatable bonds is 4. The summed E-state index contributed by atoms with van der Waals surface area (Å²) in [7, 11) is 2.78. The molecule has 4 nitrogen and oxygen atoms in total. The molecular formula is C13H20O4. The van der Waals surface area contributed by atoms with Crippen molar-refractivity contribution in [2.24, 2.45) is 11.8 Å². The van der Waals surface area contributed by atoms with E-state index in [1.54, 1.807) is 0 Å². The van der Waals surface area contributed by atoms with Gasteiger partial charge in [0.25, 0.3) is 0 Å². The Labute approximate surface area is 102 Å². The summed E-state index contributed by atoms with van der Waals surface area (Å²) in [5, 5.41) is 0. The molecule has 0 spiro atoms. The highest BCUT2D eigenvalue weighted by Gasteiger charge is 2.30. The molecule has 0 saturated heterocycles. The lowest BCUT2D eigenvalue weighted by atomic mass is 9.75. The van der Waals surface area contributed by atoms with Crippen LogP contribution in [0.1, 0.15) is 32.6 Å². The summed E-state index contributed by atoms with van der Waals surface area (Å²) in [5.74, 6) is -0.138. The zero-order chi connectivity index (χ0) is 12.8. The van der Waals surface area contributed by atoms with Crippen LogP contribution in [-0.4, -0.2) is 26.2 Å². The van der Waals surface area contributed by atoms with Gasteiger partial charge in [-0.2, -0.15) is 0 Å². The van der Waals surface area contributed by atoms with Crippen molar-refractivity contribution in [3.63, 3.8) is 0 Å². The Morgan fingerprint density at radius 1 is 1.24 bits per heavy atom. The van der Waals surface area contributed by atoms with E-state index < -0.39 is 0 Å². The molecule has 0 amide bonds. The zero-order valence-corrected chi connectivity index (χ0v) is 10.7. The Bertz CT molecular complexity index is 319. The summed E-state index contributed by atoms with van der Waals surface area (Å²) in [6, 6.07) is 0. The lowest BCUT2D eigenvalue weighted by Gasteiger charge is -2.30. The first-order chi connectivity index (χ1) is 8.08. The maximum absolute atomic E-state index is 11.4. The Morgan fingerprint density at radius 3 is 2.41 bits per heavy atom. The molecule has 96 valence electrons. The molecule has 0 aromatic carbocycles. The standard InChI is InChI=1S/C13H20O4/c1-9-5-4-6-10(7-12(14)16-2)11(9)8-13(15)17-3/h5,10-11H,4,6-8H2,1-3H3/t10-,11-/m0/s1. The van der Waals surface area contributed by atoms with Crippen molar-refractivity contribution in [1.29, 1.82) is 0 Å². The highest BCUT2D eigenvalue weighted by molar-refractivity contribution is 5.71. The molecule has 0 aromatic rings. The van der Waals surface area contributed by atoms with Crippen molar-refractivity contribution in [1.82, 2.24) is 0 Å². The third-order valence-corrected chi connectivity index (χ3v) is 3.43. The molecule has 0 bridgehead atoms. The summed E-state index contributed by atoms with van der Waals surface area (Å²) in [6.45, 7) is 2.01. The Morgan fingerprint density at radius 2 is 1.82 bits per heavy atom. The van der Waals surface area contributed by atoms with Crippen LogP contribution in [0.3, 0.4) is 0 Å².